The van der Waals surface area contributed by atoms with Crippen LogP contribution in [0.25, 0.3) is 0 Å². The van der Waals surface area contributed by atoms with Gasteiger partial charge >= 0.3 is 0 Å². The number of halogens is 1. The first-order chi connectivity index (χ1) is 9.24. The smallest absolute Gasteiger partial charge is 0.266 e. The quantitative estimate of drug-likeness (QED) is 0.845. The van der Waals surface area contributed by atoms with Crippen LogP contribution in [0.4, 0.5) is 5.82 Å². The third kappa shape index (κ3) is 2.39. The van der Waals surface area contributed by atoms with Crippen molar-refractivity contribution in [1.82, 2.24) is 4.98 Å². The molecule has 0 unspecified atom stereocenters. The van der Waals surface area contributed by atoms with Crippen LogP contribution in [0.2, 0.25) is 5.02 Å². The molecule has 0 radical (unpaired) electrons. The van der Waals surface area contributed by atoms with Crippen molar-refractivity contribution in [3.05, 3.63) is 53.2 Å². The highest BCUT2D eigenvalue weighted by molar-refractivity contribution is 6.30. The molecule has 1 amide bonds. The number of rotatable bonds is 2. The standard InChI is InChI=1S/C14H11ClN2O2/c15-11-4-1-3-10(7-11)8-17-13(18)9-19-12-5-2-6-16-14(12)17/h1-7H,8-9H2. The van der Waals surface area contributed by atoms with Gasteiger partial charge in [0.2, 0.25) is 0 Å². The lowest BCUT2D eigenvalue weighted by Crippen LogP contribution is -2.38. The average Bonchev–Trinajstić information content (AvgIpc) is 2.42. The Morgan fingerprint density at radius 2 is 2.21 bits per heavy atom. The number of nitrogens with zero attached hydrogens (tertiary/aromatic N) is 2. The minimum atomic E-state index is -0.105. The molecule has 1 aromatic carbocycles. The molecule has 0 aliphatic carbocycles. The highest BCUT2D eigenvalue weighted by atomic mass is 35.5. The minimum Gasteiger partial charge on any atom is -0.480 e. The number of carbonyl (C=O) groups excluding carboxylic acids is 1. The van der Waals surface area contributed by atoms with Crippen molar-refractivity contribution in [3.63, 3.8) is 0 Å². The topological polar surface area (TPSA) is 42.4 Å². The van der Waals surface area contributed by atoms with Gasteiger partial charge in [-0.2, -0.15) is 0 Å². The fourth-order valence-corrected chi connectivity index (χ4v) is 2.23. The Kier molecular flexibility index (Phi) is 3.09. The summed E-state index contributed by atoms with van der Waals surface area (Å²) < 4.78 is 5.35. The molecule has 3 rings (SSSR count). The number of benzene rings is 1. The molecule has 0 spiro atoms. The number of pyridine rings is 1. The Bertz CT molecular complexity index is 630. The van der Waals surface area contributed by atoms with Gasteiger partial charge in [-0.15, -0.1) is 0 Å². The number of hydrogen-bond donors (Lipinski definition) is 0. The van der Waals surface area contributed by atoms with E-state index in [-0.39, 0.29) is 12.5 Å². The molecule has 1 aliphatic rings. The first-order valence-electron chi connectivity index (χ1n) is 5.86. The summed E-state index contributed by atoms with van der Waals surface area (Å²) in [6.07, 6.45) is 1.64. The molecule has 2 heterocycles. The van der Waals surface area contributed by atoms with Gasteiger partial charge in [-0.05, 0) is 29.8 Å². The molecule has 19 heavy (non-hydrogen) atoms. The van der Waals surface area contributed by atoms with Gasteiger partial charge in [0, 0.05) is 11.2 Å². The van der Waals surface area contributed by atoms with E-state index >= 15 is 0 Å². The van der Waals surface area contributed by atoms with Gasteiger partial charge in [0.25, 0.3) is 5.91 Å². The van der Waals surface area contributed by atoms with Crippen LogP contribution in [-0.4, -0.2) is 17.5 Å². The molecule has 5 heteroatoms. The molecule has 0 fully saturated rings. The van der Waals surface area contributed by atoms with Crippen molar-refractivity contribution in [1.29, 1.82) is 0 Å². The fourth-order valence-electron chi connectivity index (χ4n) is 2.01. The molecule has 0 saturated heterocycles. The fraction of sp³-hybridized carbons (Fsp3) is 0.143. The number of aromatic nitrogens is 1. The van der Waals surface area contributed by atoms with Gasteiger partial charge in [0.05, 0.1) is 6.54 Å². The second-order valence-corrected chi connectivity index (χ2v) is 4.66. The van der Waals surface area contributed by atoms with E-state index in [1.165, 1.54) is 0 Å². The molecule has 0 bridgehead atoms. The maximum absolute atomic E-state index is 12.0. The van der Waals surface area contributed by atoms with E-state index in [0.29, 0.717) is 23.1 Å². The number of ether oxygens (including phenoxy) is 1. The summed E-state index contributed by atoms with van der Waals surface area (Å²) in [5, 5.41) is 0.652. The van der Waals surface area contributed by atoms with E-state index in [1.54, 1.807) is 29.3 Å². The summed E-state index contributed by atoms with van der Waals surface area (Å²) >= 11 is 5.96. The summed E-state index contributed by atoms with van der Waals surface area (Å²) in [6, 6.07) is 11.0. The van der Waals surface area contributed by atoms with Crippen molar-refractivity contribution in [2.24, 2.45) is 0 Å². The third-order valence-electron chi connectivity index (χ3n) is 2.89. The van der Waals surface area contributed by atoms with Gasteiger partial charge < -0.3 is 4.74 Å². The summed E-state index contributed by atoms with van der Waals surface area (Å²) in [4.78, 5) is 17.8. The molecular weight excluding hydrogens is 264 g/mol. The van der Waals surface area contributed by atoms with Crippen LogP contribution in [-0.2, 0) is 11.3 Å². The van der Waals surface area contributed by atoms with Gasteiger partial charge in [0.1, 0.15) is 0 Å². The van der Waals surface area contributed by atoms with Crippen LogP contribution in [0.15, 0.2) is 42.6 Å². The lowest BCUT2D eigenvalue weighted by Gasteiger charge is -2.28. The second-order valence-electron chi connectivity index (χ2n) is 4.22. The number of fused-ring (bicyclic) bond motifs is 1. The Balaban J connectivity index is 1.94. The zero-order valence-corrected chi connectivity index (χ0v) is 10.8. The highest BCUT2D eigenvalue weighted by Gasteiger charge is 2.26. The predicted molar refractivity (Wildman–Crippen MR) is 72.4 cm³/mol. The zero-order valence-electron chi connectivity index (χ0n) is 10.0. The Labute approximate surface area is 115 Å². The van der Waals surface area contributed by atoms with Gasteiger partial charge in [-0.25, -0.2) is 4.98 Å². The number of hydrogen-bond acceptors (Lipinski definition) is 3. The van der Waals surface area contributed by atoms with E-state index in [1.807, 2.05) is 18.2 Å². The molecule has 1 aromatic heterocycles. The van der Waals surface area contributed by atoms with Crippen LogP contribution in [0.5, 0.6) is 5.75 Å². The van der Waals surface area contributed by atoms with Crippen molar-refractivity contribution in [2.75, 3.05) is 11.5 Å². The third-order valence-corrected chi connectivity index (χ3v) is 3.12. The SMILES string of the molecule is O=C1COc2cccnc2N1Cc1cccc(Cl)c1. The van der Waals surface area contributed by atoms with E-state index in [2.05, 4.69) is 4.98 Å². The van der Waals surface area contributed by atoms with Gasteiger partial charge in [0.15, 0.2) is 18.2 Å². The first kappa shape index (κ1) is 12.0. The summed E-state index contributed by atoms with van der Waals surface area (Å²) in [6.45, 7) is 0.478. The summed E-state index contributed by atoms with van der Waals surface area (Å²) in [7, 11) is 0. The van der Waals surface area contributed by atoms with Gasteiger partial charge in [-0.3, -0.25) is 9.69 Å². The summed E-state index contributed by atoms with van der Waals surface area (Å²) in [5.41, 5.74) is 0.958. The van der Waals surface area contributed by atoms with Crippen LogP contribution in [0.3, 0.4) is 0 Å². The van der Waals surface area contributed by atoms with Crippen molar-refractivity contribution in [3.8, 4) is 5.75 Å². The minimum absolute atomic E-state index is 0.0409. The maximum atomic E-state index is 12.0. The monoisotopic (exact) mass is 274 g/mol. The highest BCUT2D eigenvalue weighted by Crippen LogP contribution is 2.30. The molecule has 1 aliphatic heterocycles. The zero-order chi connectivity index (χ0) is 13.2. The Morgan fingerprint density at radius 1 is 1.32 bits per heavy atom. The first-order valence-corrected chi connectivity index (χ1v) is 6.24. The lowest BCUT2D eigenvalue weighted by molar-refractivity contribution is -0.121. The number of anilines is 1. The number of carbonyl (C=O) groups is 1. The second kappa shape index (κ2) is 4.90. The van der Waals surface area contributed by atoms with Crippen LogP contribution in [0.1, 0.15) is 5.56 Å². The number of amides is 1. The molecule has 0 N–H and O–H groups in total. The lowest BCUT2D eigenvalue weighted by atomic mass is 10.2. The Morgan fingerprint density at radius 3 is 3.05 bits per heavy atom. The van der Waals surface area contributed by atoms with Crippen LogP contribution in [0, 0.1) is 0 Å². The van der Waals surface area contributed by atoms with Gasteiger partial charge in [-0.1, -0.05) is 23.7 Å². The molecule has 2 aromatic rings. The molecule has 4 nitrogen and oxygen atoms in total. The molecule has 0 atom stereocenters. The van der Waals surface area contributed by atoms with Crippen molar-refractivity contribution in [2.45, 2.75) is 6.54 Å². The molecule has 0 saturated carbocycles. The van der Waals surface area contributed by atoms with Crippen molar-refractivity contribution >= 4 is 23.3 Å². The van der Waals surface area contributed by atoms with E-state index in [0.717, 1.165) is 5.56 Å². The van der Waals surface area contributed by atoms with E-state index in [9.17, 15) is 4.79 Å². The normalized spacial score (nSPS) is 13.9. The molecular formula is C14H11ClN2O2. The van der Waals surface area contributed by atoms with E-state index in [4.69, 9.17) is 16.3 Å². The maximum Gasteiger partial charge on any atom is 0.266 e. The largest absolute Gasteiger partial charge is 0.480 e. The molecule has 96 valence electrons. The van der Waals surface area contributed by atoms with Crippen molar-refractivity contribution < 1.29 is 9.53 Å². The average molecular weight is 275 g/mol. The predicted octanol–water partition coefficient (Wildman–Crippen LogP) is 2.66. The van der Waals surface area contributed by atoms with E-state index < -0.39 is 0 Å². The van der Waals surface area contributed by atoms with Crippen LogP contribution >= 0.6 is 11.6 Å². The summed E-state index contributed by atoms with van der Waals surface area (Å²) in [5.74, 6) is 1.08. The Hall–Kier alpha value is -2.07. The van der Waals surface area contributed by atoms with Crippen LogP contribution < -0.4 is 9.64 Å².